The van der Waals surface area contributed by atoms with Crippen molar-refractivity contribution in [1.29, 1.82) is 0 Å². The quantitative estimate of drug-likeness (QED) is 0.696. The molecule has 0 atom stereocenters. The predicted octanol–water partition coefficient (Wildman–Crippen LogP) is 3.83. The number of ether oxygens (including phenoxy) is 2. The summed E-state index contributed by atoms with van der Waals surface area (Å²) < 4.78 is 49.8. The zero-order chi connectivity index (χ0) is 21.0. The topological polar surface area (TPSA) is 86.2 Å². The van der Waals surface area contributed by atoms with E-state index in [1.807, 2.05) is 0 Å². The molecule has 150 valence electrons. The standard InChI is InChI=1S/C19H15F3N4O3/c1-28-14-4-3-11(9-15(14)29-2)16-13(10-24-18(26-16)19(20,21)22)17(27)25-12-5-7-23-8-6-12/h3-10H,1-2H3,(H,23,25,27). The van der Waals surface area contributed by atoms with E-state index in [0.29, 0.717) is 11.4 Å². The predicted molar refractivity (Wildman–Crippen MR) is 97.8 cm³/mol. The number of nitrogens with zero attached hydrogens (tertiary/aromatic N) is 3. The molecule has 3 rings (SSSR count). The Kier molecular flexibility index (Phi) is 5.62. The molecule has 3 aromatic rings. The van der Waals surface area contributed by atoms with Crippen molar-refractivity contribution in [3.05, 3.63) is 60.3 Å². The minimum absolute atomic E-state index is 0.137. The Morgan fingerprint density at radius 2 is 1.72 bits per heavy atom. The smallest absolute Gasteiger partial charge is 0.451 e. The van der Waals surface area contributed by atoms with Crippen molar-refractivity contribution in [3.63, 3.8) is 0 Å². The van der Waals surface area contributed by atoms with Crippen LogP contribution in [0.2, 0.25) is 0 Å². The third-order valence-electron chi connectivity index (χ3n) is 3.88. The zero-order valence-electron chi connectivity index (χ0n) is 15.3. The summed E-state index contributed by atoms with van der Waals surface area (Å²) in [5, 5.41) is 2.58. The lowest BCUT2D eigenvalue weighted by atomic mass is 10.1. The highest BCUT2D eigenvalue weighted by molar-refractivity contribution is 6.07. The lowest BCUT2D eigenvalue weighted by molar-refractivity contribution is -0.144. The average Bonchev–Trinajstić information content (AvgIpc) is 2.72. The SMILES string of the molecule is COc1ccc(-c2nc(C(F)(F)F)ncc2C(=O)Nc2ccncc2)cc1OC. The second-order valence-electron chi connectivity index (χ2n) is 5.71. The van der Waals surface area contributed by atoms with E-state index in [1.54, 1.807) is 12.1 Å². The largest absolute Gasteiger partial charge is 0.493 e. The fourth-order valence-corrected chi connectivity index (χ4v) is 2.52. The number of benzene rings is 1. The summed E-state index contributed by atoms with van der Waals surface area (Å²) in [5.74, 6) is -1.38. The number of pyridine rings is 1. The molecule has 7 nitrogen and oxygen atoms in total. The Balaban J connectivity index is 2.11. The van der Waals surface area contributed by atoms with Crippen LogP contribution < -0.4 is 14.8 Å². The Morgan fingerprint density at radius 1 is 1.03 bits per heavy atom. The van der Waals surface area contributed by atoms with Gasteiger partial charge < -0.3 is 14.8 Å². The maximum Gasteiger partial charge on any atom is 0.451 e. The summed E-state index contributed by atoms with van der Waals surface area (Å²) in [6, 6.07) is 7.50. The molecule has 0 fully saturated rings. The molecule has 0 saturated heterocycles. The lowest BCUT2D eigenvalue weighted by Gasteiger charge is -2.14. The molecule has 2 aromatic heterocycles. The summed E-state index contributed by atoms with van der Waals surface area (Å²) in [5.41, 5.74) is 0.320. The molecular formula is C19H15F3N4O3. The number of nitrogens with one attached hydrogen (secondary N) is 1. The first-order valence-electron chi connectivity index (χ1n) is 8.21. The third kappa shape index (κ3) is 4.42. The normalized spacial score (nSPS) is 11.1. The highest BCUT2D eigenvalue weighted by Crippen LogP contribution is 2.34. The third-order valence-corrected chi connectivity index (χ3v) is 3.88. The maximum atomic E-state index is 13.2. The van der Waals surface area contributed by atoms with Gasteiger partial charge in [0, 0.05) is 29.8 Å². The first kappa shape index (κ1) is 20.1. The molecule has 0 bridgehead atoms. The summed E-state index contributed by atoms with van der Waals surface area (Å²) in [7, 11) is 2.82. The number of anilines is 1. The van der Waals surface area contributed by atoms with Crippen molar-refractivity contribution in [3.8, 4) is 22.8 Å². The number of hydrogen-bond donors (Lipinski definition) is 1. The zero-order valence-corrected chi connectivity index (χ0v) is 15.3. The highest BCUT2D eigenvalue weighted by atomic mass is 19.4. The fourth-order valence-electron chi connectivity index (χ4n) is 2.52. The molecule has 1 amide bonds. The maximum absolute atomic E-state index is 13.2. The van der Waals surface area contributed by atoms with E-state index in [0.717, 1.165) is 6.20 Å². The lowest BCUT2D eigenvalue weighted by Crippen LogP contribution is -2.18. The van der Waals surface area contributed by atoms with Crippen molar-refractivity contribution >= 4 is 11.6 Å². The molecule has 0 radical (unpaired) electrons. The van der Waals surface area contributed by atoms with Crippen molar-refractivity contribution in [2.45, 2.75) is 6.18 Å². The van der Waals surface area contributed by atoms with Crippen molar-refractivity contribution < 1.29 is 27.4 Å². The van der Waals surface area contributed by atoms with E-state index in [9.17, 15) is 18.0 Å². The average molecular weight is 404 g/mol. The van der Waals surface area contributed by atoms with Crippen molar-refractivity contribution in [1.82, 2.24) is 15.0 Å². The van der Waals surface area contributed by atoms with E-state index in [-0.39, 0.29) is 22.6 Å². The second kappa shape index (κ2) is 8.13. The van der Waals surface area contributed by atoms with Crippen LogP contribution in [0.15, 0.2) is 48.9 Å². The summed E-state index contributed by atoms with van der Waals surface area (Å²) >= 11 is 0. The first-order valence-corrected chi connectivity index (χ1v) is 8.21. The van der Waals surface area contributed by atoms with Gasteiger partial charge in [-0.2, -0.15) is 13.2 Å². The van der Waals surface area contributed by atoms with Gasteiger partial charge in [-0.25, -0.2) is 9.97 Å². The van der Waals surface area contributed by atoms with Gasteiger partial charge in [0.25, 0.3) is 5.91 Å². The highest BCUT2D eigenvalue weighted by Gasteiger charge is 2.36. The summed E-state index contributed by atoms with van der Waals surface area (Å²) in [6.45, 7) is 0. The van der Waals surface area contributed by atoms with E-state index in [2.05, 4.69) is 20.3 Å². The Hall–Kier alpha value is -3.69. The number of amides is 1. The van der Waals surface area contributed by atoms with Gasteiger partial charge in [0.15, 0.2) is 11.5 Å². The number of methoxy groups -OCH3 is 2. The molecule has 29 heavy (non-hydrogen) atoms. The number of hydrogen-bond acceptors (Lipinski definition) is 6. The molecule has 0 aliphatic rings. The molecule has 0 aliphatic heterocycles. The molecular weight excluding hydrogens is 389 g/mol. The molecule has 2 heterocycles. The Morgan fingerprint density at radius 3 is 2.34 bits per heavy atom. The van der Waals surface area contributed by atoms with Crippen LogP contribution in [0.1, 0.15) is 16.2 Å². The Bertz CT molecular complexity index is 1030. The summed E-state index contributed by atoms with van der Waals surface area (Å²) in [4.78, 5) is 23.4. The van der Waals surface area contributed by atoms with Gasteiger partial charge in [0.2, 0.25) is 5.82 Å². The van der Waals surface area contributed by atoms with Gasteiger partial charge in [-0.15, -0.1) is 0 Å². The minimum Gasteiger partial charge on any atom is -0.493 e. The Labute approximate surface area is 163 Å². The van der Waals surface area contributed by atoms with Gasteiger partial charge in [0.1, 0.15) is 0 Å². The van der Waals surface area contributed by atoms with Crippen LogP contribution in [-0.2, 0) is 6.18 Å². The van der Waals surface area contributed by atoms with Gasteiger partial charge in [-0.1, -0.05) is 0 Å². The first-order chi connectivity index (χ1) is 13.8. The van der Waals surface area contributed by atoms with Gasteiger partial charge in [-0.3, -0.25) is 9.78 Å². The van der Waals surface area contributed by atoms with E-state index < -0.39 is 17.9 Å². The van der Waals surface area contributed by atoms with E-state index in [4.69, 9.17) is 9.47 Å². The molecule has 0 aliphatic carbocycles. The van der Waals surface area contributed by atoms with E-state index >= 15 is 0 Å². The minimum atomic E-state index is -4.77. The molecule has 1 N–H and O–H groups in total. The van der Waals surface area contributed by atoms with Crippen LogP contribution >= 0.6 is 0 Å². The van der Waals surface area contributed by atoms with Gasteiger partial charge >= 0.3 is 6.18 Å². The van der Waals surface area contributed by atoms with E-state index in [1.165, 1.54) is 44.8 Å². The van der Waals surface area contributed by atoms with Gasteiger partial charge in [-0.05, 0) is 30.3 Å². The number of halogens is 3. The van der Waals surface area contributed by atoms with Crippen molar-refractivity contribution in [2.24, 2.45) is 0 Å². The monoisotopic (exact) mass is 404 g/mol. The van der Waals surface area contributed by atoms with Gasteiger partial charge in [0.05, 0.1) is 25.5 Å². The van der Waals surface area contributed by atoms with Crippen LogP contribution in [0.4, 0.5) is 18.9 Å². The molecule has 10 heteroatoms. The van der Waals surface area contributed by atoms with Crippen LogP contribution in [0.5, 0.6) is 11.5 Å². The van der Waals surface area contributed by atoms with Crippen LogP contribution in [0, 0.1) is 0 Å². The number of rotatable bonds is 5. The number of carbonyl (C=O) groups is 1. The number of carbonyl (C=O) groups excluding carboxylic acids is 1. The molecule has 0 saturated carbocycles. The number of aromatic nitrogens is 3. The van der Waals surface area contributed by atoms with Crippen molar-refractivity contribution in [2.75, 3.05) is 19.5 Å². The molecule has 1 aromatic carbocycles. The van der Waals surface area contributed by atoms with Crippen LogP contribution in [-0.4, -0.2) is 35.1 Å². The number of alkyl halides is 3. The van der Waals surface area contributed by atoms with Crippen LogP contribution in [0.3, 0.4) is 0 Å². The summed E-state index contributed by atoms with van der Waals surface area (Å²) in [6.07, 6.45) is -0.994. The fraction of sp³-hybridized carbons (Fsp3) is 0.158. The molecule has 0 spiro atoms. The van der Waals surface area contributed by atoms with Crippen LogP contribution in [0.25, 0.3) is 11.3 Å². The second-order valence-corrected chi connectivity index (χ2v) is 5.71. The molecule has 0 unspecified atom stereocenters.